The Morgan fingerprint density at radius 1 is 1.27 bits per heavy atom. The number of benzene rings is 1. The largest absolute Gasteiger partial charge is 0.346 e. The Kier molecular flexibility index (Phi) is 6.39. The fourth-order valence-corrected chi connectivity index (χ4v) is 3.52. The number of aromatic nitrogens is 2. The monoisotopic (exact) mass is 356 g/mol. The van der Waals surface area contributed by atoms with Gasteiger partial charge in [-0.25, -0.2) is 0 Å². The lowest BCUT2D eigenvalue weighted by Gasteiger charge is -2.28. The van der Waals surface area contributed by atoms with Crippen molar-refractivity contribution in [1.29, 1.82) is 0 Å². The lowest BCUT2D eigenvalue weighted by atomic mass is 9.84. The summed E-state index contributed by atoms with van der Waals surface area (Å²) in [5.74, 6) is 2.16. The van der Waals surface area contributed by atoms with Crippen LogP contribution in [0.5, 0.6) is 0 Å². The molecule has 3 rings (SSSR count). The van der Waals surface area contributed by atoms with Crippen molar-refractivity contribution in [1.82, 2.24) is 20.8 Å². The van der Waals surface area contributed by atoms with E-state index in [1.807, 2.05) is 37.3 Å². The first-order valence-electron chi connectivity index (χ1n) is 9.48. The molecule has 0 aliphatic carbocycles. The second kappa shape index (κ2) is 8.94. The fraction of sp³-hybridized carbons (Fsp3) is 0.550. The smallest absolute Gasteiger partial charge is 0.231 e. The van der Waals surface area contributed by atoms with E-state index in [0.717, 1.165) is 31.5 Å². The molecule has 26 heavy (non-hydrogen) atoms. The SMILES string of the molecule is CC(NC(=O)CC(C)C1CCNCC1)c1noc(Cc2ccccc2)n1. The molecule has 6 heteroatoms. The fourth-order valence-electron chi connectivity index (χ4n) is 3.52. The molecule has 1 aromatic carbocycles. The summed E-state index contributed by atoms with van der Waals surface area (Å²) in [6.45, 7) is 6.18. The van der Waals surface area contributed by atoms with Crippen LogP contribution >= 0.6 is 0 Å². The summed E-state index contributed by atoms with van der Waals surface area (Å²) in [5.41, 5.74) is 1.12. The summed E-state index contributed by atoms with van der Waals surface area (Å²) < 4.78 is 5.33. The third-order valence-corrected chi connectivity index (χ3v) is 5.14. The van der Waals surface area contributed by atoms with Crippen molar-refractivity contribution in [3.8, 4) is 0 Å². The second-order valence-corrected chi connectivity index (χ2v) is 7.27. The topological polar surface area (TPSA) is 80.0 Å². The summed E-state index contributed by atoms with van der Waals surface area (Å²) in [6, 6.07) is 9.74. The van der Waals surface area contributed by atoms with Crippen LogP contribution in [0.3, 0.4) is 0 Å². The number of hydrogen-bond acceptors (Lipinski definition) is 5. The van der Waals surface area contributed by atoms with E-state index in [4.69, 9.17) is 4.52 Å². The number of hydrogen-bond donors (Lipinski definition) is 2. The van der Waals surface area contributed by atoms with Gasteiger partial charge in [0.15, 0.2) is 5.82 Å². The Bertz CT molecular complexity index is 695. The molecule has 2 N–H and O–H groups in total. The lowest BCUT2D eigenvalue weighted by molar-refractivity contribution is -0.123. The number of carbonyl (C=O) groups is 1. The molecule has 1 saturated heterocycles. The molecule has 140 valence electrons. The standard InChI is InChI=1S/C20H28N4O2/c1-14(17-8-10-21-11-9-17)12-18(25)22-15(2)20-23-19(26-24-20)13-16-6-4-3-5-7-16/h3-7,14-15,17,21H,8-13H2,1-2H3,(H,22,25). The molecule has 0 radical (unpaired) electrons. The zero-order valence-electron chi connectivity index (χ0n) is 15.6. The van der Waals surface area contributed by atoms with E-state index in [-0.39, 0.29) is 11.9 Å². The number of amides is 1. The minimum absolute atomic E-state index is 0.0537. The van der Waals surface area contributed by atoms with Crippen molar-refractivity contribution in [3.63, 3.8) is 0 Å². The highest BCUT2D eigenvalue weighted by Crippen LogP contribution is 2.24. The summed E-state index contributed by atoms with van der Waals surface area (Å²) in [4.78, 5) is 16.8. The van der Waals surface area contributed by atoms with Crippen molar-refractivity contribution < 1.29 is 9.32 Å². The minimum Gasteiger partial charge on any atom is -0.346 e. The minimum atomic E-state index is -0.254. The summed E-state index contributed by atoms with van der Waals surface area (Å²) in [6.07, 6.45) is 3.44. The van der Waals surface area contributed by atoms with E-state index < -0.39 is 0 Å². The van der Waals surface area contributed by atoms with Crippen LogP contribution in [0, 0.1) is 11.8 Å². The summed E-state index contributed by atoms with van der Waals surface area (Å²) in [5, 5.41) is 10.4. The van der Waals surface area contributed by atoms with Gasteiger partial charge in [-0.15, -0.1) is 0 Å². The molecule has 1 aromatic heterocycles. The van der Waals surface area contributed by atoms with E-state index in [0.29, 0.717) is 36.4 Å². The van der Waals surface area contributed by atoms with Gasteiger partial charge in [0, 0.05) is 6.42 Å². The van der Waals surface area contributed by atoms with Crippen LogP contribution in [0.2, 0.25) is 0 Å². The number of nitrogens with one attached hydrogen (secondary N) is 2. The maximum Gasteiger partial charge on any atom is 0.231 e. The van der Waals surface area contributed by atoms with Gasteiger partial charge in [-0.2, -0.15) is 4.98 Å². The number of nitrogens with zero attached hydrogens (tertiary/aromatic N) is 2. The summed E-state index contributed by atoms with van der Waals surface area (Å²) >= 11 is 0. The van der Waals surface area contributed by atoms with Crippen LogP contribution in [0.4, 0.5) is 0 Å². The molecule has 2 atom stereocenters. The van der Waals surface area contributed by atoms with E-state index in [9.17, 15) is 4.79 Å². The number of carbonyl (C=O) groups excluding carboxylic acids is 1. The van der Waals surface area contributed by atoms with Crippen molar-refractivity contribution in [2.45, 2.75) is 45.6 Å². The number of piperidine rings is 1. The van der Waals surface area contributed by atoms with Crippen LogP contribution in [0.15, 0.2) is 34.9 Å². The van der Waals surface area contributed by atoms with Gasteiger partial charge in [0.1, 0.15) is 0 Å². The van der Waals surface area contributed by atoms with Crippen LogP contribution < -0.4 is 10.6 Å². The Labute approximate surface area is 154 Å². The Morgan fingerprint density at radius 3 is 2.73 bits per heavy atom. The third-order valence-electron chi connectivity index (χ3n) is 5.14. The molecule has 6 nitrogen and oxygen atoms in total. The molecule has 2 heterocycles. The van der Waals surface area contributed by atoms with E-state index >= 15 is 0 Å². The predicted molar refractivity (Wildman–Crippen MR) is 99.5 cm³/mol. The van der Waals surface area contributed by atoms with Crippen LogP contribution in [0.25, 0.3) is 0 Å². The molecule has 0 spiro atoms. The van der Waals surface area contributed by atoms with Crippen molar-refractivity contribution in [2.24, 2.45) is 11.8 Å². The Hall–Kier alpha value is -2.21. The van der Waals surface area contributed by atoms with Gasteiger partial charge in [-0.1, -0.05) is 42.4 Å². The Balaban J connectivity index is 1.49. The molecule has 2 aromatic rings. The van der Waals surface area contributed by atoms with Gasteiger partial charge in [-0.3, -0.25) is 4.79 Å². The summed E-state index contributed by atoms with van der Waals surface area (Å²) in [7, 11) is 0. The first-order chi connectivity index (χ1) is 12.6. The van der Waals surface area contributed by atoms with Gasteiger partial charge in [0.2, 0.25) is 11.8 Å². The van der Waals surface area contributed by atoms with Gasteiger partial charge in [-0.05, 0) is 50.3 Å². The lowest BCUT2D eigenvalue weighted by Crippen LogP contribution is -2.34. The first kappa shape index (κ1) is 18.6. The maximum absolute atomic E-state index is 12.4. The van der Waals surface area contributed by atoms with E-state index in [1.165, 1.54) is 0 Å². The van der Waals surface area contributed by atoms with Gasteiger partial charge < -0.3 is 15.2 Å². The molecular weight excluding hydrogens is 328 g/mol. The van der Waals surface area contributed by atoms with Crippen molar-refractivity contribution in [3.05, 3.63) is 47.6 Å². The zero-order valence-corrected chi connectivity index (χ0v) is 15.6. The quantitative estimate of drug-likeness (QED) is 0.797. The second-order valence-electron chi connectivity index (χ2n) is 7.27. The normalized spacial score (nSPS) is 17.6. The Morgan fingerprint density at radius 2 is 2.00 bits per heavy atom. The first-order valence-corrected chi connectivity index (χ1v) is 9.48. The molecule has 1 aliphatic heterocycles. The predicted octanol–water partition coefficient (Wildman–Crippen LogP) is 2.86. The average molecular weight is 356 g/mol. The average Bonchev–Trinajstić information content (AvgIpc) is 3.12. The van der Waals surface area contributed by atoms with Crippen LogP contribution in [0.1, 0.15) is 56.4 Å². The highest BCUT2D eigenvalue weighted by Gasteiger charge is 2.23. The van der Waals surface area contributed by atoms with Crippen LogP contribution in [-0.4, -0.2) is 29.1 Å². The molecule has 1 amide bonds. The highest BCUT2D eigenvalue weighted by atomic mass is 16.5. The molecule has 2 unspecified atom stereocenters. The van der Waals surface area contributed by atoms with Gasteiger partial charge in [0.25, 0.3) is 0 Å². The molecular formula is C20H28N4O2. The molecule has 0 saturated carbocycles. The number of rotatable bonds is 7. The highest BCUT2D eigenvalue weighted by molar-refractivity contribution is 5.76. The van der Waals surface area contributed by atoms with E-state index in [2.05, 4.69) is 27.7 Å². The third kappa shape index (κ3) is 5.14. The molecule has 1 aliphatic rings. The van der Waals surface area contributed by atoms with Gasteiger partial charge in [0.05, 0.1) is 12.5 Å². The maximum atomic E-state index is 12.4. The van der Waals surface area contributed by atoms with Crippen molar-refractivity contribution >= 4 is 5.91 Å². The zero-order chi connectivity index (χ0) is 18.4. The molecule has 1 fully saturated rings. The van der Waals surface area contributed by atoms with Gasteiger partial charge >= 0.3 is 0 Å². The van der Waals surface area contributed by atoms with E-state index in [1.54, 1.807) is 0 Å². The molecule has 0 bridgehead atoms. The van der Waals surface area contributed by atoms with Crippen molar-refractivity contribution in [2.75, 3.05) is 13.1 Å². The van der Waals surface area contributed by atoms with Crippen LogP contribution in [-0.2, 0) is 11.2 Å².